The van der Waals surface area contributed by atoms with Gasteiger partial charge in [-0.15, -0.1) is 12.4 Å². The van der Waals surface area contributed by atoms with Gasteiger partial charge in [-0.25, -0.2) is 0 Å². The summed E-state index contributed by atoms with van der Waals surface area (Å²) in [5, 5.41) is 14.9. The van der Waals surface area contributed by atoms with E-state index in [1.54, 1.807) is 0 Å². The van der Waals surface area contributed by atoms with E-state index in [9.17, 15) is 9.59 Å². The number of carbonyl (C=O) groups is 2. The number of aliphatic carboxylic acids is 1. The number of rotatable bonds is 7. The van der Waals surface area contributed by atoms with E-state index in [0.717, 1.165) is 0 Å². The molecule has 124 valence electrons. The fourth-order valence-corrected chi connectivity index (χ4v) is 2.57. The summed E-state index contributed by atoms with van der Waals surface area (Å²) in [7, 11) is 0. The number of anilines is 1. The van der Waals surface area contributed by atoms with Crippen LogP contribution >= 0.6 is 47.2 Å². The summed E-state index contributed by atoms with van der Waals surface area (Å²) < 4.78 is 0. The molecule has 9 heteroatoms. The highest BCUT2D eigenvalue weighted by Crippen LogP contribution is 2.33. The van der Waals surface area contributed by atoms with E-state index >= 15 is 0 Å². The lowest BCUT2D eigenvalue weighted by molar-refractivity contribution is -0.139. The van der Waals surface area contributed by atoms with Gasteiger partial charge in [-0.3, -0.25) is 14.9 Å². The van der Waals surface area contributed by atoms with Gasteiger partial charge >= 0.3 is 5.97 Å². The highest BCUT2D eigenvalue weighted by Gasteiger charge is 2.17. The summed E-state index contributed by atoms with van der Waals surface area (Å²) in [5.41, 5.74) is 0.247. The minimum absolute atomic E-state index is 0. The average molecular weight is 390 g/mol. The first kappa shape index (κ1) is 21.3. The molecule has 0 aliphatic carbocycles. The third-order valence-electron chi connectivity index (χ3n) is 2.66. The number of hydrogen-bond donors (Lipinski definition) is 3. The molecule has 0 saturated carbocycles. The van der Waals surface area contributed by atoms with Crippen molar-refractivity contribution in [2.45, 2.75) is 25.8 Å². The molecule has 0 heterocycles. The highest BCUT2D eigenvalue weighted by molar-refractivity contribution is 6.42. The number of benzene rings is 1. The molecule has 1 unspecified atom stereocenters. The average Bonchev–Trinajstić information content (AvgIpc) is 2.38. The van der Waals surface area contributed by atoms with Crippen LogP contribution in [-0.4, -0.2) is 29.6 Å². The zero-order valence-corrected chi connectivity index (χ0v) is 14.7. The molecular weight excluding hydrogens is 374 g/mol. The molecule has 0 bridgehead atoms. The second-order valence-corrected chi connectivity index (χ2v) is 5.60. The smallest absolute Gasteiger partial charge is 0.320 e. The Morgan fingerprint density at radius 3 is 2.23 bits per heavy atom. The summed E-state index contributed by atoms with van der Waals surface area (Å²) in [4.78, 5) is 22.8. The second-order valence-electron chi connectivity index (χ2n) is 4.35. The maximum atomic E-state index is 11.8. The molecule has 1 atom stereocenters. The fraction of sp³-hybridized carbons (Fsp3) is 0.385. The van der Waals surface area contributed by atoms with Crippen molar-refractivity contribution in [3.63, 3.8) is 0 Å². The molecule has 0 radical (unpaired) electrons. The molecule has 5 nitrogen and oxygen atoms in total. The molecule has 3 N–H and O–H groups in total. The van der Waals surface area contributed by atoms with E-state index in [0.29, 0.717) is 17.9 Å². The predicted molar refractivity (Wildman–Crippen MR) is 91.7 cm³/mol. The Hall–Kier alpha value is -0.720. The van der Waals surface area contributed by atoms with Crippen molar-refractivity contribution in [1.82, 2.24) is 5.32 Å². The minimum Gasteiger partial charge on any atom is -0.480 e. The zero-order valence-electron chi connectivity index (χ0n) is 11.7. The predicted octanol–water partition coefficient (Wildman–Crippen LogP) is 3.85. The van der Waals surface area contributed by atoms with Crippen LogP contribution in [0, 0.1) is 0 Å². The quantitative estimate of drug-likeness (QED) is 0.661. The Kier molecular flexibility index (Phi) is 9.80. The summed E-state index contributed by atoms with van der Waals surface area (Å²) in [6.45, 7) is 1.71. The standard InChI is InChI=1S/C13H15Cl3N2O3.ClH/c1-2-3-10(13(20)21)17-6-11(19)18-12-8(15)4-7(14)5-9(12)16;/h4-5,10,17H,2-3,6H2,1H3,(H,18,19)(H,20,21);1H. The number of amides is 1. The van der Waals surface area contributed by atoms with Crippen LogP contribution in [0.4, 0.5) is 5.69 Å². The van der Waals surface area contributed by atoms with Gasteiger partial charge < -0.3 is 10.4 Å². The number of carboxylic acid groups (broad SMARTS) is 1. The van der Waals surface area contributed by atoms with Crippen molar-refractivity contribution in [3.05, 3.63) is 27.2 Å². The number of carbonyl (C=O) groups excluding carboxylic acids is 1. The lowest BCUT2D eigenvalue weighted by atomic mass is 10.2. The Bertz CT molecular complexity index is 517. The lowest BCUT2D eigenvalue weighted by Crippen LogP contribution is -2.41. The van der Waals surface area contributed by atoms with Crippen molar-refractivity contribution < 1.29 is 14.7 Å². The SMILES string of the molecule is CCCC(NCC(=O)Nc1c(Cl)cc(Cl)cc1Cl)C(=O)O.Cl. The van der Waals surface area contributed by atoms with Crippen molar-refractivity contribution >= 4 is 64.8 Å². The molecule has 22 heavy (non-hydrogen) atoms. The monoisotopic (exact) mass is 388 g/mol. The van der Waals surface area contributed by atoms with Gasteiger partial charge in [0, 0.05) is 5.02 Å². The van der Waals surface area contributed by atoms with Crippen LogP contribution in [-0.2, 0) is 9.59 Å². The molecule has 1 rings (SSSR count). The first-order valence-electron chi connectivity index (χ1n) is 6.25. The molecule has 1 aromatic rings. The van der Waals surface area contributed by atoms with Crippen LogP contribution in [0.3, 0.4) is 0 Å². The minimum atomic E-state index is -0.993. The van der Waals surface area contributed by atoms with Gasteiger partial charge in [-0.2, -0.15) is 0 Å². The van der Waals surface area contributed by atoms with Crippen molar-refractivity contribution in [2.24, 2.45) is 0 Å². The van der Waals surface area contributed by atoms with Crippen LogP contribution in [0.15, 0.2) is 12.1 Å². The molecule has 0 aliphatic rings. The normalized spacial score (nSPS) is 11.5. The molecular formula is C13H16Cl4N2O3. The molecule has 0 fully saturated rings. The number of halogens is 4. The summed E-state index contributed by atoms with van der Waals surface area (Å²) in [6, 6.07) is 2.14. The first-order valence-corrected chi connectivity index (χ1v) is 7.39. The van der Waals surface area contributed by atoms with Gasteiger partial charge in [0.05, 0.1) is 22.3 Å². The Balaban J connectivity index is 0.00000441. The molecule has 1 amide bonds. The Morgan fingerprint density at radius 2 is 1.77 bits per heavy atom. The van der Waals surface area contributed by atoms with Crippen molar-refractivity contribution in [3.8, 4) is 0 Å². The highest BCUT2D eigenvalue weighted by atomic mass is 35.5. The van der Waals surface area contributed by atoms with Gasteiger partial charge in [0.15, 0.2) is 0 Å². The van der Waals surface area contributed by atoms with E-state index < -0.39 is 17.9 Å². The van der Waals surface area contributed by atoms with Crippen LogP contribution < -0.4 is 10.6 Å². The van der Waals surface area contributed by atoms with Crippen LogP contribution in [0.5, 0.6) is 0 Å². The summed E-state index contributed by atoms with van der Waals surface area (Å²) in [5.74, 6) is -1.43. The fourth-order valence-electron chi connectivity index (χ4n) is 1.66. The third kappa shape index (κ3) is 6.58. The number of nitrogens with one attached hydrogen (secondary N) is 2. The van der Waals surface area contributed by atoms with E-state index in [2.05, 4.69) is 10.6 Å². The summed E-state index contributed by atoms with van der Waals surface area (Å²) >= 11 is 17.7. The maximum Gasteiger partial charge on any atom is 0.320 e. The Morgan fingerprint density at radius 1 is 1.23 bits per heavy atom. The van der Waals surface area contributed by atoms with Gasteiger partial charge in [0.2, 0.25) is 5.91 Å². The van der Waals surface area contributed by atoms with E-state index in [1.807, 2.05) is 6.92 Å². The first-order chi connectivity index (χ1) is 9.85. The van der Waals surface area contributed by atoms with Gasteiger partial charge in [0.25, 0.3) is 0 Å². The maximum absolute atomic E-state index is 11.8. The second kappa shape index (κ2) is 10.1. The van der Waals surface area contributed by atoms with Crippen LogP contribution in [0.1, 0.15) is 19.8 Å². The zero-order chi connectivity index (χ0) is 16.0. The molecule has 0 spiro atoms. The third-order valence-corrected chi connectivity index (χ3v) is 3.47. The topological polar surface area (TPSA) is 78.4 Å². The lowest BCUT2D eigenvalue weighted by Gasteiger charge is -2.14. The largest absolute Gasteiger partial charge is 0.480 e. The molecule has 1 aromatic carbocycles. The molecule has 0 aromatic heterocycles. The van der Waals surface area contributed by atoms with Gasteiger partial charge in [0.1, 0.15) is 6.04 Å². The number of carboxylic acids is 1. The van der Waals surface area contributed by atoms with E-state index in [-0.39, 0.29) is 34.7 Å². The molecule has 0 aliphatic heterocycles. The van der Waals surface area contributed by atoms with Crippen molar-refractivity contribution in [2.75, 3.05) is 11.9 Å². The van der Waals surface area contributed by atoms with Crippen LogP contribution in [0.2, 0.25) is 15.1 Å². The van der Waals surface area contributed by atoms with Crippen LogP contribution in [0.25, 0.3) is 0 Å². The van der Waals surface area contributed by atoms with E-state index in [4.69, 9.17) is 39.9 Å². The van der Waals surface area contributed by atoms with Gasteiger partial charge in [-0.05, 0) is 18.6 Å². The molecule has 0 saturated heterocycles. The van der Waals surface area contributed by atoms with Crippen molar-refractivity contribution in [1.29, 1.82) is 0 Å². The van der Waals surface area contributed by atoms with Gasteiger partial charge in [-0.1, -0.05) is 48.1 Å². The number of hydrogen-bond acceptors (Lipinski definition) is 3. The Labute approximate surface area is 149 Å². The van der Waals surface area contributed by atoms with E-state index in [1.165, 1.54) is 12.1 Å². The summed E-state index contributed by atoms with van der Waals surface area (Å²) in [6.07, 6.45) is 1.13.